The van der Waals surface area contributed by atoms with Gasteiger partial charge in [0.05, 0.1) is 45.2 Å². The van der Waals surface area contributed by atoms with Crippen molar-refractivity contribution in [2.24, 2.45) is 0 Å². The van der Waals surface area contributed by atoms with Gasteiger partial charge < -0.3 is 19.7 Å². The van der Waals surface area contributed by atoms with E-state index in [1.165, 1.54) is 20.3 Å². The summed E-state index contributed by atoms with van der Waals surface area (Å²) in [7, 11) is 2.43. The molecule has 0 unspecified atom stereocenters. The van der Waals surface area contributed by atoms with Gasteiger partial charge in [0.2, 0.25) is 11.5 Å². The molecule has 0 fully saturated rings. The molecule has 0 aromatic heterocycles. The van der Waals surface area contributed by atoms with E-state index >= 15 is 0 Å². The number of nitrogens with zero attached hydrogens (tertiary/aromatic N) is 2. The zero-order valence-corrected chi connectivity index (χ0v) is 16.6. The fraction of sp³-hybridized carbons (Fsp3) is 0.125. The lowest BCUT2D eigenvalue weighted by Crippen LogP contribution is -2.03. The van der Waals surface area contributed by atoms with Crippen LogP contribution in [0, 0.1) is 20.2 Å². The van der Waals surface area contributed by atoms with Crippen LogP contribution < -0.4 is 4.74 Å². The number of halogens is 2. The molecular formula is C16H12Cl2N2O10. The Labute approximate surface area is 177 Å². The monoisotopic (exact) mass is 462 g/mol. The molecule has 0 spiro atoms. The number of hydrogen-bond donors (Lipinski definition) is 2. The normalized spacial score (nSPS) is 9.73. The average Bonchev–Trinajstić information content (AvgIpc) is 2.68. The summed E-state index contributed by atoms with van der Waals surface area (Å²) in [6.45, 7) is 0. The number of hydrogen-bond acceptors (Lipinski definition) is 9. The van der Waals surface area contributed by atoms with Crippen LogP contribution in [0.2, 0.25) is 10.0 Å². The van der Waals surface area contributed by atoms with Gasteiger partial charge in [-0.2, -0.15) is 0 Å². The largest absolute Gasteiger partial charge is 0.501 e. The van der Waals surface area contributed by atoms with Crippen LogP contribution in [0.5, 0.6) is 11.5 Å². The SMILES string of the molecule is COC(=O)c1cc(Cl)c(OC)c([N+](=O)[O-])c1.O=C(O)c1cc(Cl)c(O)c([N+](=O)[O-])c1. The fourth-order valence-corrected chi connectivity index (χ4v) is 2.51. The summed E-state index contributed by atoms with van der Waals surface area (Å²) in [5.41, 5.74) is -1.45. The molecule has 30 heavy (non-hydrogen) atoms. The number of carbonyl (C=O) groups is 2. The van der Waals surface area contributed by atoms with Crippen molar-refractivity contribution in [2.45, 2.75) is 0 Å². The summed E-state index contributed by atoms with van der Waals surface area (Å²) in [4.78, 5) is 41.1. The lowest BCUT2D eigenvalue weighted by Gasteiger charge is -2.06. The second-order valence-corrected chi connectivity index (χ2v) is 5.96. The smallest absolute Gasteiger partial charge is 0.338 e. The van der Waals surface area contributed by atoms with Gasteiger partial charge in [0, 0.05) is 12.1 Å². The Hall–Kier alpha value is -3.64. The predicted octanol–water partition coefficient (Wildman–Crippen LogP) is 3.70. The van der Waals surface area contributed by atoms with Gasteiger partial charge in [-0.3, -0.25) is 20.2 Å². The van der Waals surface area contributed by atoms with Gasteiger partial charge in [-0.25, -0.2) is 9.59 Å². The number of nitro benzene ring substituents is 2. The van der Waals surface area contributed by atoms with Crippen LogP contribution in [-0.4, -0.2) is 46.2 Å². The summed E-state index contributed by atoms with van der Waals surface area (Å²) >= 11 is 11.1. The number of benzene rings is 2. The van der Waals surface area contributed by atoms with Gasteiger partial charge in [-0.05, 0) is 12.1 Å². The molecule has 0 aliphatic carbocycles. The van der Waals surface area contributed by atoms with Crippen LogP contribution in [0.15, 0.2) is 24.3 Å². The number of methoxy groups -OCH3 is 2. The molecule has 0 atom stereocenters. The fourth-order valence-electron chi connectivity index (χ4n) is 2.00. The molecule has 0 heterocycles. The van der Waals surface area contributed by atoms with Gasteiger partial charge in [-0.15, -0.1) is 0 Å². The van der Waals surface area contributed by atoms with E-state index < -0.39 is 33.2 Å². The maximum atomic E-state index is 11.2. The Morgan fingerprint density at radius 3 is 1.87 bits per heavy atom. The Kier molecular flexibility index (Phi) is 8.32. The van der Waals surface area contributed by atoms with Crippen molar-refractivity contribution in [1.82, 2.24) is 0 Å². The molecule has 0 saturated carbocycles. The maximum absolute atomic E-state index is 11.2. The molecular weight excluding hydrogens is 451 g/mol. The summed E-state index contributed by atoms with van der Waals surface area (Å²) in [6.07, 6.45) is 0. The number of aromatic carboxylic acids is 1. The number of nitro groups is 2. The lowest BCUT2D eigenvalue weighted by molar-refractivity contribution is -0.386. The molecule has 0 amide bonds. The molecule has 2 aromatic rings. The summed E-state index contributed by atoms with van der Waals surface area (Å²) in [6, 6.07) is 3.98. The molecule has 0 radical (unpaired) electrons. The van der Waals surface area contributed by atoms with Gasteiger partial charge >= 0.3 is 23.3 Å². The highest BCUT2D eigenvalue weighted by Gasteiger charge is 2.22. The number of esters is 1. The third-order valence-corrected chi connectivity index (χ3v) is 3.90. The number of phenolic OH excluding ortho intramolecular Hbond substituents is 1. The first-order valence-electron chi connectivity index (χ1n) is 7.45. The van der Waals surface area contributed by atoms with E-state index in [1.54, 1.807) is 0 Å². The van der Waals surface area contributed by atoms with Crippen LogP contribution in [0.25, 0.3) is 0 Å². The third-order valence-electron chi connectivity index (χ3n) is 3.33. The van der Waals surface area contributed by atoms with Gasteiger partial charge in [0.15, 0.2) is 0 Å². The first-order valence-corrected chi connectivity index (χ1v) is 8.20. The van der Waals surface area contributed by atoms with Crippen LogP contribution in [-0.2, 0) is 4.74 Å². The summed E-state index contributed by atoms with van der Waals surface area (Å²) in [5.74, 6) is -2.87. The summed E-state index contributed by atoms with van der Waals surface area (Å²) < 4.78 is 9.22. The molecule has 2 N–H and O–H groups in total. The second-order valence-electron chi connectivity index (χ2n) is 5.15. The number of rotatable bonds is 5. The molecule has 14 heteroatoms. The van der Waals surface area contributed by atoms with Gasteiger partial charge in [0.25, 0.3) is 0 Å². The van der Waals surface area contributed by atoms with Gasteiger partial charge in [0.1, 0.15) is 0 Å². The van der Waals surface area contributed by atoms with E-state index in [-0.39, 0.29) is 32.6 Å². The molecule has 0 saturated heterocycles. The van der Waals surface area contributed by atoms with E-state index in [0.29, 0.717) is 0 Å². The molecule has 12 nitrogen and oxygen atoms in total. The Bertz CT molecular complexity index is 1030. The van der Waals surface area contributed by atoms with Crippen molar-refractivity contribution in [3.8, 4) is 11.5 Å². The number of ether oxygens (including phenoxy) is 2. The highest BCUT2D eigenvalue weighted by molar-refractivity contribution is 6.33. The van der Waals surface area contributed by atoms with E-state index in [0.717, 1.165) is 18.2 Å². The quantitative estimate of drug-likeness (QED) is 0.377. The Balaban J connectivity index is 0.000000303. The molecule has 2 rings (SSSR count). The Morgan fingerprint density at radius 2 is 1.43 bits per heavy atom. The predicted molar refractivity (Wildman–Crippen MR) is 103 cm³/mol. The average molecular weight is 463 g/mol. The summed E-state index contributed by atoms with van der Waals surface area (Å²) in [5, 5.41) is 38.3. The van der Waals surface area contributed by atoms with Crippen molar-refractivity contribution in [3.63, 3.8) is 0 Å². The number of aromatic hydroxyl groups is 1. The highest BCUT2D eigenvalue weighted by Crippen LogP contribution is 2.36. The van der Waals surface area contributed by atoms with Gasteiger partial charge in [-0.1, -0.05) is 23.2 Å². The van der Waals surface area contributed by atoms with Crippen LogP contribution in [0.4, 0.5) is 11.4 Å². The van der Waals surface area contributed by atoms with Crippen LogP contribution in [0.3, 0.4) is 0 Å². The minimum atomic E-state index is -1.35. The Morgan fingerprint density at radius 1 is 0.933 bits per heavy atom. The first kappa shape index (κ1) is 24.4. The van der Waals surface area contributed by atoms with E-state index in [1.807, 2.05) is 0 Å². The standard InChI is InChI=1S/C9H8ClNO5.C7H4ClNO5/c1-15-8-6(10)3-5(9(12)16-2)4-7(8)11(13)14;8-4-1-3(7(11)12)2-5(6(4)10)9(13)14/h3-4H,1-2H3;1-2,10H,(H,11,12). The van der Waals surface area contributed by atoms with Crippen molar-refractivity contribution >= 4 is 46.5 Å². The first-order chi connectivity index (χ1) is 13.9. The topological polar surface area (TPSA) is 179 Å². The molecule has 0 bridgehead atoms. The molecule has 160 valence electrons. The zero-order chi connectivity index (χ0) is 23.2. The third kappa shape index (κ3) is 5.68. The van der Waals surface area contributed by atoms with E-state index in [2.05, 4.69) is 4.74 Å². The van der Waals surface area contributed by atoms with Crippen molar-refractivity contribution in [2.75, 3.05) is 14.2 Å². The number of carboxylic acids is 1. The molecule has 0 aliphatic rings. The highest BCUT2D eigenvalue weighted by atomic mass is 35.5. The van der Waals surface area contributed by atoms with E-state index in [4.69, 9.17) is 38.2 Å². The minimum Gasteiger partial charge on any atom is -0.501 e. The van der Waals surface area contributed by atoms with E-state index in [9.17, 15) is 29.8 Å². The number of carboxylic acid groups (broad SMARTS) is 1. The maximum Gasteiger partial charge on any atom is 0.338 e. The second kappa shape index (κ2) is 10.2. The van der Waals surface area contributed by atoms with Crippen molar-refractivity contribution < 1.29 is 39.1 Å². The molecule has 0 aliphatic heterocycles. The minimum absolute atomic E-state index is 0.000000000000000444. The van der Waals surface area contributed by atoms with Crippen LogP contribution in [0.1, 0.15) is 20.7 Å². The molecule has 2 aromatic carbocycles. The lowest BCUT2D eigenvalue weighted by atomic mass is 10.2. The van der Waals surface area contributed by atoms with Crippen LogP contribution >= 0.6 is 23.2 Å². The van der Waals surface area contributed by atoms with Crippen molar-refractivity contribution in [1.29, 1.82) is 0 Å². The number of carbonyl (C=O) groups excluding carboxylic acids is 1. The number of phenols is 1. The van der Waals surface area contributed by atoms with Crippen molar-refractivity contribution in [3.05, 3.63) is 65.7 Å². The zero-order valence-electron chi connectivity index (χ0n) is 15.1.